The van der Waals surface area contributed by atoms with Crippen molar-refractivity contribution in [1.29, 1.82) is 5.41 Å². The maximum absolute atomic E-state index is 8.64. The van der Waals surface area contributed by atoms with Crippen molar-refractivity contribution in [3.05, 3.63) is 75.2 Å². The molecule has 1 aromatic carbocycles. The molecular weight excluding hydrogens is 433 g/mol. The number of halogens is 2. The van der Waals surface area contributed by atoms with E-state index in [4.69, 9.17) is 39.1 Å². The zero-order valence-electron chi connectivity index (χ0n) is 17.2. The van der Waals surface area contributed by atoms with Crippen LogP contribution in [0.4, 0.5) is 11.5 Å². The summed E-state index contributed by atoms with van der Waals surface area (Å²) in [6, 6.07) is 9.11. The van der Waals surface area contributed by atoms with Gasteiger partial charge in [-0.15, -0.1) is 0 Å². The monoisotopic (exact) mass is 455 g/mol. The van der Waals surface area contributed by atoms with Gasteiger partial charge >= 0.3 is 0 Å². The number of nitrogens with one attached hydrogen (secondary N) is 1. The van der Waals surface area contributed by atoms with E-state index in [-0.39, 0.29) is 6.61 Å². The lowest BCUT2D eigenvalue weighted by atomic mass is 10.0. The van der Waals surface area contributed by atoms with Crippen molar-refractivity contribution in [1.82, 2.24) is 9.97 Å². The smallest absolute Gasteiger partial charge is 0.128 e. The largest absolute Gasteiger partial charge is 0.489 e. The number of rotatable bonds is 6. The number of benzene rings is 1. The van der Waals surface area contributed by atoms with Crippen molar-refractivity contribution in [2.45, 2.75) is 26.4 Å². The molecule has 3 N–H and O–H groups in total. The average Bonchev–Trinajstić information content (AvgIpc) is 3.32. The number of pyridine rings is 2. The van der Waals surface area contributed by atoms with Gasteiger partial charge in [0.05, 0.1) is 21.5 Å². The molecule has 1 aliphatic heterocycles. The lowest BCUT2D eigenvalue weighted by molar-refractivity contribution is 0.306. The van der Waals surface area contributed by atoms with Gasteiger partial charge in [0.25, 0.3) is 0 Å². The van der Waals surface area contributed by atoms with E-state index in [1.165, 1.54) is 12.8 Å². The molecule has 4 rings (SSSR count). The van der Waals surface area contributed by atoms with Gasteiger partial charge in [-0.05, 0) is 50.1 Å². The summed E-state index contributed by atoms with van der Waals surface area (Å²) < 4.78 is 5.91. The molecule has 1 aliphatic rings. The second-order valence-electron chi connectivity index (χ2n) is 7.50. The van der Waals surface area contributed by atoms with Crippen molar-refractivity contribution in [3.8, 4) is 5.75 Å². The molecule has 6 nitrogen and oxygen atoms in total. The van der Waals surface area contributed by atoms with E-state index in [9.17, 15) is 0 Å². The first kappa shape index (κ1) is 21.4. The second kappa shape index (κ2) is 9.12. The van der Waals surface area contributed by atoms with Gasteiger partial charge in [0, 0.05) is 47.9 Å². The Morgan fingerprint density at radius 1 is 1.13 bits per heavy atom. The topological polar surface area (TPSA) is 88.1 Å². The Morgan fingerprint density at radius 3 is 2.61 bits per heavy atom. The number of nitrogens with two attached hydrogens (primary N) is 1. The third-order valence-electron chi connectivity index (χ3n) is 5.39. The third kappa shape index (κ3) is 4.60. The Hall–Kier alpha value is -2.83. The van der Waals surface area contributed by atoms with Crippen molar-refractivity contribution in [3.63, 3.8) is 0 Å². The predicted octanol–water partition coefficient (Wildman–Crippen LogP) is 5.27. The van der Waals surface area contributed by atoms with Gasteiger partial charge in [-0.2, -0.15) is 0 Å². The molecule has 0 atom stereocenters. The summed E-state index contributed by atoms with van der Waals surface area (Å²) in [6.07, 6.45) is 5.67. The van der Waals surface area contributed by atoms with Crippen molar-refractivity contribution in [2.24, 2.45) is 0 Å². The summed E-state index contributed by atoms with van der Waals surface area (Å²) >= 11 is 12.5. The van der Waals surface area contributed by atoms with Crippen LogP contribution in [0.1, 0.15) is 35.2 Å². The first-order valence-electron chi connectivity index (χ1n) is 10.1. The van der Waals surface area contributed by atoms with Gasteiger partial charge in [0.1, 0.15) is 18.2 Å². The molecule has 0 bridgehead atoms. The van der Waals surface area contributed by atoms with Crippen LogP contribution in [0.25, 0.3) is 0 Å². The van der Waals surface area contributed by atoms with Crippen LogP contribution >= 0.6 is 23.2 Å². The summed E-state index contributed by atoms with van der Waals surface area (Å²) in [4.78, 5) is 10.9. The molecule has 3 heterocycles. The van der Waals surface area contributed by atoms with Crippen LogP contribution in [0.3, 0.4) is 0 Å². The van der Waals surface area contributed by atoms with E-state index in [1.54, 1.807) is 30.6 Å². The minimum Gasteiger partial charge on any atom is -0.489 e. The normalized spacial score (nSPS) is 13.5. The van der Waals surface area contributed by atoms with E-state index in [0.717, 1.165) is 18.9 Å². The molecule has 160 valence electrons. The first-order valence-corrected chi connectivity index (χ1v) is 10.8. The fourth-order valence-corrected chi connectivity index (χ4v) is 4.01. The van der Waals surface area contributed by atoms with Crippen LogP contribution in [0.2, 0.25) is 10.0 Å². The number of nitrogen functional groups attached to an aromatic ring is 1. The number of aromatic nitrogens is 2. The van der Waals surface area contributed by atoms with Crippen molar-refractivity contribution in [2.75, 3.05) is 23.7 Å². The van der Waals surface area contributed by atoms with E-state index >= 15 is 0 Å². The standard InChI is InChI=1S/C23H23Cl2N5O/c1-14-22(25)18(19(24)12-28-14)13-31-16-5-6-20(26)17(10-16)23(27)15-4-7-21(29-11-15)30-8-2-3-9-30/h4-7,10-12,27H,2-3,8-9,13,26H2,1H3. The molecule has 1 fully saturated rings. The number of aryl methyl sites for hydroxylation is 1. The van der Waals surface area contributed by atoms with Gasteiger partial charge in [0.15, 0.2) is 0 Å². The molecule has 3 aromatic rings. The second-order valence-corrected chi connectivity index (χ2v) is 8.28. The van der Waals surface area contributed by atoms with E-state index in [2.05, 4.69) is 14.9 Å². The Kier molecular flexibility index (Phi) is 6.30. The lowest BCUT2D eigenvalue weighted by Gasteiger charge is -2.17. The minimum absolute atomic E-state index is 0.184. The number of anilines is 2. The zero-order valence-corrected chi connectivity index (χ0v) is 18.7. The molecule has 0 radical (unpaired) electrons. The van der Waals surface area contributed by atoms with Crippen LogP contribution in [0.15, 0.2) is 42.7 Å². The molecule has 2 aromatic heterocycles. The zero-order chi connectivity index (χ0) is 22.0. The van der Waals surface area contributed by atoms with Crippen molar-refractivity contribution < 1.29 is 4.74 Å². The predicted molar refractivity (Wildman–Crippen MR) is 126 cm³/mol. The Balaban J connectivity index is 1.52. The molecule has 1 saturated heterocycles. The summed E-state index contributed by atoms with van der Waals surface area (Å²) in [7, 11) is 0. The Morgan fingerprint density at radius 2 is 1.90 bits per heavy atom. The molecule has 31 heavy (non-hydrogen) atoms. The van der Waals surface area contributed by atoms with Gasteiger partial charge in [-0.1, -0.05) is 23.2 Å². The van der Waals surface area contributed by atoms with Crippen LogP contribution in [0, 0.1) is 12.3 Å². The Bertz CT molecular complexity index is 1110. The van der Waals surface area contributed by atoms with Crippen LogP contribution in [-0.2, 0) is 6.61 Å². The Labute approximate surface area is 191 Å². The number of hydrogen-bond donors (Lipinski definition) is 2. The average molecular weight is 456 g/mol. The van der Waals surface area contributed by atoms with Crippen LogP contribution in [-0.4, -0.2) is 28.8 Å². The maximum Gasteiger partial charge on any atom is 0.128 e. The highest BCUT2D eigenvalue weighted by molar-refractivity contribution is 6.36. The summed E-state index contributed by atoms with van der Waals surface area (Å²) in [5.41, 5.74) is 9.58. The molecule has 0 spiro atoms. The van der Waals surface area contributed by atoms with Gasteiger partial charge < -0.3 is 15.4 Å². The fraction of sp³-hybridized carbons (Fsp3) is 0.261. The molecule has 0 aliphatic carbocycles. The number of nitrogens with zero attached hydrogens (tertiary/aromatic N) is 3. The first-order chi connectivity index (χ1) is 14.9. The summed E-state index contributed by atoms with van der Waals surface area (Å²) in [6.45, 7) is 4.06. The van der Waals surface area contributed by atoms with Crippen LogP contribution in [0.5, 0.6) is 5.75 Å². The molecule has 0 unspecified atom stereocenters. The van der Waals surface area contributed by atoms with E-state index in [1.807, 2.05) is 19.1 Å². The molecule has 0 amide bonds. The fourth-order valence-electron chi connectivity index (χ4n) is 3.56. The molecule has 0 saturated carbocycles. The number of hydrogen-bond acceptors (Lipinski definition) is 6. The highest BCUT2D eigenvalue weighted by atomic mass is 35.5. The van der Waals surface area contributed by atoms with Crippen molar-refractivity contribution >= 4 is 40.4 Å². The highest BCUT2D eigenvalue weighted by Gasteiger charge is 2.16. The molecule has 8 heteroatoms. The quantitative estimate of drug-likeness (QED) is 0.390. The minimum atomic E-state index is 0.184. The van der Waals surface area contributed by atoms with Gasteiger partial charge in [-0.25, -0.2) is 4.98 Å². The number of ether oxygens (including phenoxy) is 1. The van der Waals surface area contributed by atoms with Gasteiger partial charge in [-0.3, -0.25) is 10.4 Å². The summed E-state index contributed by atoms with van der Waals surface area (Å²) in [5, 5.41) is 9.57. The third-order valence-corrected chi connectivity index (χ3v) is 6.21. The SMILES string of the molecule is Cc1ncc(Cl)c(COc2ccc(N)c(C(=N)c3ccc(N4CCCC4)nc3)c2)c1Cl. The molecular formula is C23H23Cl2N5O. The van der Waals surface area contributed by atoms with E-state index in [0.29, 0.717) is 49.6 Å². The lowest BCUT2D eigenvalue weighted by Crippen LogP contribution is -2.19. The van der Waals surface area contributed by atoms with Gasteiger partial charge in [0.2, 0.25) is 0 Å². The maximum atomic E-state index is 8.64. The summed E-state index contributed by atoms with van der Waals surface area (Å²) in [5.74, 6) is 1.51. The van der Waals surface area contributed by atoms with Crippen LogP contribution < -0.4 is 15.4 Å². The van der Waals surface area contributed by atoms with E-state index < -0.39 is 0 Å². The highest BCUT2D eigenvalue weighted by Crippen LogP contribution is 2.29.